The fourth-order valence-corrected chi connectivity index (χ4v) is 3.29. The predicted molar refractivity (Wildman–Crippen MR) is 85.2 cm³/mol. The SMILES string of the molecule is O=C(CNCC1CC1)NC1CCC(c2ccccc2)CC1. The van der Waals surface area contributed by atoms with E-state index in [1.807, 2.05) is 0 Å². The number of amides is 1. The van der Waals surface area contributed by atoms with Crippen LogP contribution in [0.15, 0.2) is 30.3 Å². The first-order chi connectivity index (χ1) is 10.3. The zero-order chi connectivity index (χ0) is 14.5. The average Bonchev–Trinajstić information content (AvgIpc) is 3.33. The van der Waals surface area contributed by atoms with E-state index in [0.717, 1.165) is 25.3 Å². The zero-order valence-electron chi connectivity index (χ0n) is 12.7. The van der Waals surface area contributed by atoms with E-state index >= 15 is 0 Å². The molecule has 114 valence electrons. The molecule has 0 aromatic heterocycles. The Morgan fingerprint density at radius 3 is 2.38 bits per heavy atom. The minimum absolute atomic E-state index is 0.166. The van der Waals surface area contributed by atoms with E-state index in [2.05, 4.69) is 41.0 Å². The molecular formula is C18H26N2O. The molecule has 3 rings (SSSR count). The maximum atomic E-state index is 11.9. The zero-order valence-corrected chi connectivity index (χ0v) is 12.7. The van der Waals surface area contributed by atoms with Crippen LogP contribution >= 0.6 is 0 Å². The van der Waals surface area contributed by atoms with Crippen LogP contribution in [0.1, 0.15) is 50.0 Å². The molecule has 0 unspecified atom stereocenters. The van der Waals surface area contributed by atoms with Crippen LogP contribution in [-0.4, -0.2) is 25.0 Å². The van der Waals surface area contributed by atoms with Crippen LogP contribution in [0.3, 0.4) is 0 Å². The van der Waals surface area contributed by atoms with Gasteiger partial charge >= 0.3 is 0 Å². The van der Waals surface area contributed by atoms with Gasteiger partial charge in [-0.25, -0.2) is 0 Å². The Labute approximate surface area is 127 Å². The van der Waals surface area contributed by atoms with Crippen LogP contribution in [0.25, 0.3) is 0 Å². The van der Waals surface area contributed by atoms with Gasteiger partial charge in [0.2, 0.25) is 5.91 Å². The summed E-state index contributed by atoms with van der Waals surface area (Å²) >= 11 is 0. The minimum atomic E-state index is 0.166. The highest BCUT2D eigenvalue weighted by molar-refractivity contribution is 5.78. The summed E-state index contributed by atoms with van der Waals surface area (Å²) in [5.41, 5.74) is 1.45. The molecule has 1 amide bonds. The second-order valence-electron chi connectivity index (χ2n) is 6.60. The van der Waals surface area contributed by atoms with Crippen molar-refractivity contribution in [3.63, 3.8) is 0 Å². The van der Waals surface area contributed by atoms with Crippen LogP contribution in [0.2, 0.25) is 0 Å². The summed E-state index contributed by atoms with van der Waals surface area (Å²) in [5, 5.41) is 6.44. The van der Waals surface area contributed by atoms with Gasteiger partial charge < -0.3 is 10.6 Å². The van der Waals surface area contributed by atoms with E-state index in [4.69, 9.17) is 0 Å². The summed E-state index contributed by atoms with van der Waals surface area (Å²) < 4.78 is 0. The molecule has 0 heterocycles. The molecular weight excluding hydrogens is 260 g/mol. The highest BCUT2D eigenvalue weighted by Crippen LogP contribution is 2.32. The minimum Gasteiger partial charge on any atom is -0.352 e. The van der Waals surface area contributed by atoms with Crippen molar-refractivity contribution in [3.8, 4) is 0 Å². The number of hydrogen-bond acceptors (Lipinski definition) is 2. The molecule has 1 aromatic carbocycles. The van der Waals surface area contributed by atoms with Crippen molar-refractivity contribution in [2.24, 2.45) is 5.92 Å². The van der Waals surface area contributed by atoms with Gasteiger partial charge in [0, 0.05) is 6.04 Å². The number of carbonyl (C=O) groups is 1. The van der Waals surface area contributed by atoms with E-state index in [1.165, 1.54) is 31.2 Å². The molecule has 2 aliphatic carbocycles. The quantitative estimate of drug-likeness (QED) is 0.844. The Hall–Kier alpha value is -1.35. The molecule has 0 aliphatic heterocycles. The van der Waals surface area contributed by atoms with Crippen LogP contribution in [-0.2, 0) is 4.79 Å². The average molecular weight is 286 g/mol. The van der Waals surface area contributed by atoms with Gasteiger partial charge in [-0.1, -0.05) is 30.3 Å². The van der Waals surface area contributed by atoms with Crippen molar-refractivity contribution in [3.05, 3.63) is 35.9 Å². The van der Waals surface area contributed by atoms with Gasteiger partial charge in [-0.15, -0.1) is 0 Å². The number of rotatable bonds is 6. The van der Waals surface area contributed by atoms with Crippen LogP contribution in [0, 0.1) is 5.92 Å². The molecule has 2 saturated carbocycles. The first-order valence-corrected chi connectivity index (χ1v) is 8.36. The van der Waals surface area contributed by atoms with Gasteiger partial charge in [-0.05, 0) is 62.5 Å². The summed E-state index contributed by atoms with van der Waals surface area (Å²) in [7, 11) is 0. The Morgan fingerprint density at radius 2 is 1.71 bits per heavy atom. The Kier molecular flexibility index (Phi) is 4.91. The molecule has 3 heteroatoms. The van der Waals surface area contributed by atoms with Crippen molar-refractivity contribution >= 4 is 5.91 Å². The lowest BCUT2D eigenvalue weighted by atomic mass is 9.82. The molecule has 2 N–H and O–H groups in total. The van der Waals surface area contributed by atoms with Crippen molar-refractivity contribution in [1.82, 2.24) is 10.6 Å². The monoisotopic (exact) mass is 286 g/mol. The van der Waals surface area contributed by atoms with E-state index in [9.17, 15) is 4.79 Å². The second kappa shape index (κ2) is 7.08. The van der Waals surface area contributed by atoms with Gasteiger partial charge in [-0.2, -0.15) is 0 Å². The molecule has 0 bridgehead atoms. The van der Waals surface area contributed by atoms with E-state index < -0.39 is 0 Å². The topological polar surface area (TPSA) is 41.1 Å². The first-order valence-electron chi connectivity index (χ1n) is 8.36. The van der Waals surface area contributed by atoms with Crippen molar-refractivity contribution < 1.29 is 4.79 Å². The van der Waals surface area contributed by atoms with E-state index in [1.54, 1.807) is 0 Å². The molecule has 3 nitrogen and oxygen atoms in total. The van der Waals surface area contributed by atoms with Gasteiger partial charge in [0.25, 0.3) is 0 Å². The van der Waals surface area contributed by atoms with Crippen molar-refractivity contribution in [2.75, 3.05) is 13.1 Å². The van der Waals surface area contributed by atoms with Crippen molar-refractivity contribution in [1.29, 1.82) is 0 Å². The first kappa shape index (κ1) is 14.6. The molecule has 0 saturated heterocycles. The number of carbonyl (C=O) groups excluding carboxylic acids is 1. The highest BCUT2D eigenvalue weighted by atomic mass is 16.1. The molecule has 2 fully saturated rings. The molecule has 0 radical (unpaired) electrons. The summed E-state index contributed by atoms with van der Waals surface area (Å²) in [4.78, 5) is 11.9. The Morgan fingerprint density at radius 1 is 1.00 bits per heavy atom. The second-order valence-corrected chi connectivity index (χ2v) is 6.60. The van der Waals surface area contributed by atoms with E-state index in [-0.39, 0.29) is 5.91 Å². The normalized spacial score (nSPS) is 25.5. The molecule has 21 heavy (non-hydrogen) atoms. The van der Waals surface area contributed by atoms with Crippen LogP contribution in [0.5, 0.6) is 0 Å². The molecule has 0 spiro atoms. The third-order valence-corrected chi connectivity index (χ3v) is 4.78. The molecule has 1 aromatic rings. The van der Waals surface area contributed by atoms with Gasteiger partial charge in [-0.3, -0.25) is 4.79 Å². The van der Waals surface area contributed by atoms with E-state index in [0.29, 0.717) is 18.5 Å². The van der Waals surface area contributed by atoms with Crippen molar-refractivity contribution in [2.45, 2.75) is 50.5 Å². The van der Waals surface area contributed by atoms with Crippen LogP contribution < -0.4 is 10.6 Å². The predicted octanol–water partition coefficient (Wildman–Crippen LogP) is 2.83. The lowest BCUT2D eigenvalue weighted by Gasteiger charge is -2.29. The van der Waals surface area contributed by atoms with Gasteiger partial charge in [0.15, 0.2) is 0 Å². The van der Waals surface area contributed by atoms with Crippen LogP contribution in [0.4, 0.5) is 0 Å². The third kappa shape index (κ3) is 4.57. The summed E-state index contributed by atoms with van der Waals surface area (Å²) in [5.74, 6) is 1.67. The lowest BCUT2D eigenvalue weighted by molar-refractivity contribution is -0.121. The summed E-state index contributed by atoms with van der Waals surface area (Å²) in [6, 6.07) is 11.1. The standard InChI is InChI=1S/C18H26N2O/c21-18(13-19-12-14-6-7-14)20-17-10-8-16(9-11-17)15-4-2-1-3-5-15/h1-5,14,16-17,19H,6-13H2,(H,20,21). The smallest absolute Gasteiger partial charge is 0.234 e. The highest BCUT2D eigenvalue weighted by Gasteiger charge is 2.24. The molecule has 0 atom stereocenters. The number of nitrogens with one attached hydrogen (secondary N) is 2. The number of benzene rings is 1. The number of hydrogen-bond donors (Lipinski definition) is 2. The lowest BCUT2D eigenvalue weighted by Crippen LogP contribution is -2.42. The molecule has 2 aliphatic rings. The maximum Gasteiger partial charge on any atom is 0.234 e. The van der Waals surface area contributed by atoms with Gasteiger partial charge in [0.1, 0.15) is 0 Å². The maximum absolute atomic E-state index is 11.9. The Bertz CT molecular complexity index is 448. The van der Waals surface area contributed by atoms with Gasteiger partial charge in [0.05, 0.1) is 6.54 Å². The largest absolute Gasteiger partial charge is 0.352 e. The summed E-state index contributed by atoms with van der Waals surface area (Å²) in [6.07, 6.45) is 7.24. The third-order valence-electron chi connectivity index (χ3n) is 4.78. The summed E-state index contributed by atoms with van der Waals surface area (Å²) in [6.45, 7) is 1.49. The Balaban J connectivity index is 1.36. The fraction of sp³-hybridized carbons (Fsp3) is 0.611. The fourth-order valence-electron chi connectivity index (χ4n) is 3.29.